The quantitative estimate of drug-likeness (QED) is 0.711. The van der Waals surface area contributed by atoms with Gasteiger partial charge >= 0.3 is 0 Å². The van der Waals surface area contributed by atoms with Crippen LogP contribution >= 0.6 is 23.2 Å². The Labute approximate surface area is 87.7 Å². The number of Topliss-reactive ketones (excluding diaryl/α,β-unsaturated/α-hetero) is 1. The monoisotopic (exact) mass is 216 g/mol. The predicted octanol–water partition coefficient (Wildman–Crippen LogP) is 3.00. The Hall–Kier alpha value is -0.530. The molecule has 0 saturated heterocycles. The molecule has 0 aliphatic rings. The predicted molar refractivity (Wildman–Crippen MR) is 55.6 cm³/mol. The number of carbonyl (C=O) groups is 1. The normalized spacial score (nSPS) is 10.1. The Morgan fingerprint density at radius 3 is 2.69 bits per heavy atom. The Bertz CT molecular complexity index is 321. The van der Waals surface area contributed by atoms with Gasteiger partial charge in [-0.1, -0.05) is 23.7 Å². The van der Waals surface area contributed by atoms with Gasteiger partial charge in [-0.25, -0.2) is 0 Å². The minimum atomic E-state index is 0.0154. The molecule has 0 unspecified atom stereocenters. The van der Waals surface area contributed by atoms with Crippen molar-refractivity contribution in [1.82, 2.24) is 0 Å². The molecule has 1 nitrogen and oxygen atoms in total. The lowest BCUT2D eigenvalue weighted by molar-refractivity contribution is -0.116. The van der Waals surface area contributed by atoms with E-state index in [1.54, 1.807) is 6.07 Å². The van der Waals surface area contributed by atoms with Gasteiger partial charge in [0.1, 0.15) is 0 Å². The lowest BCUT2D eigenvalue weighted by Gasteiger charge is -2.01. The van der Waals surface area contributed by atoms with Crippen molar-refractivity contribution in [3.8, 4) is 0 Å². The minimum absolute atomic E-state index is 0.0154. The van der Waals surface area contributed by atoms with Crippen LogP contribution in [0.5, 0.6) is 0 Å². The van der Waals surface area contributed by atoms with Crippen molar-refractivity contribution in [2.24, 2.45) is 0 Å². The second-order valence-corrected chi connectivity index (χ2v) is 3.61. The van der Waals surface area contributed by atoms with Gasteiger partial charge in [-0.05, 0) is 24.1 Å². The molecule has 1 aromatic rings. The highest BCUT2D eigenvalue weighted by Crippen LogP contribution is 2.17. The molecule has 0 atom stereocenters. The fourth-order valence-electron chi connectivity index (χ4n) is 1.02. The van der Waals surface area contributed by atoms with E-state index < -0.39 is 0 Å². The van der Waals surface area contributed by atoms with Gasteiger partial charge in [0.15, 0.2) is 5.78 Å². The SMILES string of the molecule is Cc1ccc(CC(=O)CCl)cc1Cl. The number of hydrogen-bond donors (Lipinski definition) is 0. The second kappa shape index (κ2) is 4.64. The highest BCUT2D eigenvalue weighted by Gasteiger charge is 2.03. The van der Waals surface area contributed by atoms with Crippen molar-refractivity contribution in [3.63, 3.8) is 0 Å². The number of halogens is 2. The van der Waals surface area contributed by atoms with Crippen LogP contribution in [0.4, 0.5) is 0 Å². The van der Waals surface area contributed by atoms with E-state index in [1.807, 2.05) is 19.1 Å². The van der Waals surface area contributed by atoms with Crippen LogP contribution in [0.1, 0.15) is 11.1 Å². The maximum Gasteiger partial charge on any atom is 0.151 e. The number of aryl methyl sites for hydroxylation is 1. The molecular formula is C10H10Cl2O. The van der Waals surface area contributed by atoms with E-state index in [0.29, 0.717) is 11.4 Å². The van der Waals surface area contributed by atoms with Crippen LogP contribution in [-0.2, 0) is 11.2 Å². The van der Waals surface area contributed by atoms with Crippen LogP contribution in [0.25, 0.3) is 0 Å². The molecule has 3 heteroatoms. The Morgan fingerprint density at radius 1 is 1.46 bits per heavy atom. The Balaban J connectivity index is 2.79. The van der Waals surface area contributed by atoms with Crippen LogP contribution in [0.15, 0.2) is 18.2 Å². The summed E-state index contributed by atoms with van der Waals surface area (Å²) < 4.78 is 0. The van der Waals surface area contributed by atoms with E-state index in [-0.39, 0.29) is 11.7 Å². The van der Waals surface area contributed by atoms with Gasteiger partial charge < -0.3 is 0 Å². The number of hydrogen-bond acceptors (Lipinski definition) is 1. The fourth-order valence-corrected chi connectivity index (χ4v) is 1.32. The molecule has 1 aromatic carbocycles. The highest BCUT2D eigenvalue weighted by atomic mass is 35.5. The van der Waals surface area contributed by atoms with Gasteiger partial charge in [-0.2, -0.15) is 0 Å². The first-order chi connectivity index (χ1) is 6.13. The van der Waals surface area contributed by atoms with E-state index in [9.17, 15) is 4.79 Å². The number of alkyl halides is 1. The lowest BCUT2D eigenvalue weighted by Crippen LogP contribution is -2.03. The lowest BCUT2D eigenvalue weighted by atomic mass is 10.1. The highest BCUT2D eigenvalue weighted by molar-refractivity contribution is 6.31. The molecule has 0 fully saturated rings. The molecule has 1 rings (SSSR count). The summed E-state index contributed by atoms with van der Waals surface area (Å²) in [6, 6.07) is 5.60. The van der Waals surface area contributed by atoms with Crippen LogP contribution < -0.4 is 0 Å². The largest absolute Gasteiger partial charge is 0.298 e. The summed E-state index contributed by atoms with van der Waals surface area (Å²) in [5.74, 6) is 0.0764. The van der Waals surface area contributed by atoms with Gasteiger partial charge in [0.05, 0.1) is 5.88 Å². The topological polar surface area (TPSA) is 17.1 Å². The van der Waals surface area contributed by atoms with Crippen molar-refractivity contribution in [3.05, 3.63) is 34.3 Å². The summed E-state index contributed by atoms with van der Waals surface area (Å²) in [7, 11) is 0. The molecule has 0 amide bonds. The smallest absolute Gasteiger partial charge is 0.151 e. The molecule has 0 aliphatic heterocycles. The van der Waals surface area contributed by atoms with Crippen LogP contribution in [0.2, 0.25) is 5.02 Å². The second-order valence-electron chi connectivity index (χ2n) is 2.93. The summed E-state index contributed by atoms with van der Waals surface area (Å²) in [5.41, 5.74) is 1.94. The van der Waals surface area contributed by atoms with Gasteiger partial charge in [0, 0.05) is 11.4 Å². The third-order valence-electron chi connectivity index (χ3n) is 1.79. The standard InChI is InChI=1S/C10H10Cl2O/c1-7-2-3-8(5-10(7)12)4-9(13)6-11/h2-3,5H,4,6H2,1H3. The van der Waals surface area contributed by atoms with Crippen molar-refractivity contribution in [1.29, 1.82) is 0 Å². The number of carbonyl (C=O) groups excluding carboxylic acids is 1. The average Bonchev–Trinajstić information content (AvgIpc) is 2.11. The van der Waals surface area contributed by atoms with Gasteiger partial charge in [0.25, 0.3) is 0 Å². The zero-order chi connectivity index (χ0) is 9.84. The maximum atomic E-state index is 11.0. The van der Waals surface area contributed by atoms with Crippen molar-refractivity contribution >= 4 is 29.0 Å². The third kappa shape index (κ3) is 3.02. The summed E-state index contributed by atoms with van der Waals surface area (Å²) in [6.07, 6.45) is 0.365. The van der Waals surface area contributed by atoms with Crippen LogP contribution in [0, 0.1) is 6.92 Å². The molecule has 0 aliphatic carbocycles. The zero-order valence-corrected chi connectivity index (χ0v) is 8.82. The molecule has 0 bridgehead atoms. The summed E-state index contributed by atoms with van der Waals surface area (Å²) in [6.45, 7) is 1.93. The van der Waals surface area contributed by atoms with Crippen LogP contribution in [-0.4, -0.2) is 11.7 Å². The number of rotatable bonds is 3. The average molecular weight is 217 g/mol. The van der Waals surface area contributed by atoms with Crippen molar-refractivity contribution in [2.75, 3.05) is 5.88 Å². The first kappa shape index (κ1) is 10.6. The van der Waals surface area contributed by atoms with Crippen molar-refractivity contribution < 1.29 is 4.79 Å². The van der Waals surface area contributed by atoms with E-state index in [0.717, 1.165) is 11.1 Å². The van der Waals surface area contributed by atoms with Gasteiger partial charge in [0.2, 0.25) is 0 Å². The number of ketones is 1. The molecular weight excluding hydrogens is 207 g/mol. The van der Waals surface area contributed by atoms with E-state index in [4.69, 9.17) is 23.2 Å². The van der Waals surface area contributed by atoms with Crippen LogP contribution in [0.3, 0.4) is 0 Å². The first-order valence-corrected chi connectivity index (χ1v) is 4.87. The number of benzene rings is 1. The Kier molecular flexibility index (Phi) is 3.76. The van der Waals surface area contributed by atoms with E-state index >= 15 is 0 Å². The minimum Gasteiger partial charge on any atom is -0.298 e. The summed E-state index contributed by atoms with van der Waals surface area (Å²) in [5, 5.41) is 0.694. The maximum absolute atomic E-state index is 11.0. The third-order valence-corrected chi connectivity index (χ3v) is 2.49. The Morgan fingerprint density at radius 2 is 2.15 bits per heavy atom. The molecule has 70 valence electrons. The van der Waals surface area contributed by atoms with Gasteiger partial charge in [-0.15, -0.1) is 11.6 Å². The molecule has 0 spiro atoms. The molecule has 0 saturated carbocycles. The molecule has 0 aromatic heterocycles. The molecule has 0 heterocycles. The van der Waals surface area contributed by atoms with E-state index in [2.05, 4.69) is 0 Å². The van der Waals surface area contributed by atoms with Crippen molar-refractivity contribution in [2.45, 2.75) is 13.3 Å². The summed E-state index contributed by atoms with van der Waals surface area (Å²) >= 11 is 11.3. The fraction of sp³-hybridized carbons (Fsp3) is 0.300. The summed E-state index contributed by atoms with van der Waals surface area (Å²) in [4.78, 5) is 11.0. The van der Waals surface area contributed by atoms with Gasteiger partial charge in [-0.3, -0.25) is 4.79 Å². The molecule has 0 radical (unpaired) electrons. The zero-order valence-electron chi connectivity index (χ0n) is 7.31. The molecule has 13 heavy (non-hydrogen) atoms. The van der Waals surface area contributed by atoms with E-state index in [1.165, 1.54) is 0 Å². The first-order valence-electron chi connectivity index (χ1n) is 3.96. The molecule has 0 N–H and O–H groups in total.